The molecule has 0 unspecified atom stereocenters. The van der Waals surface area contributed by atoms with Crippen LogP contribution in [-0.2, 0) is 14.3 Å². The van der Waals surface area contributed by atoms with Crippen LogP contribution in [0.4, 0.5) is 5.69 Å². The van der Waals surface area contributed by atoms with Gasteiger partial charge in [0.15, 0.2) is 23.9 Å². The summed E-state index contributed by atoms with van der Waals surface area (Å²) >= 11 is 5.87. The van der Waals surface area contributed by atoms with Crippen molar-refractivity contribution >= 4 is 41.0 Å². The van der Waals surface area contributed by atoms with Gasteiger partial charge >= 0.3 is 5.97 Å². The molecule has 1 N–H and O–H groups in total. The minimum Gasteiger partial charge on any atom is -0.454 e. The van der Waals surface area contributed by atoms with Gasteiger partial charge in [0.25, 0.3) is 5.91 Å². The topological polar surface area (TPSA) is 90.9 Å². The molecule has 28 heavy (non-hydrogen) atoms. The Morgan fingerprint density at radius 1 is 1.18 bits per heavy atom. The Hall–Kier alpha value is -3.32. The van der Waals surface area contributed by atoms with Crippen LogP contribution in [0.1, 0.15) is 22.8 Å². The lowest BCUT2D eigenvalue weighted by atomic mass is 10.1. The molecule has 0 spiro atoms. The summed E-state index contributed by atoms with van der Waals surface area (Å²) in [5, 5.41) is 3.09. The Bertz CT molecular complexity index is 969. The number of benzene rings is 2. The highest BCUT2D eigenvalue weighted by Gasteiger charge is 2.20. The molecule has 0 saturated carbocycles. The molecule has 0 radical (unpaired) electrons. The number of nitrogens with one attached hydrogen (secondary N) is 1. The molecule has 0 atom stereocenters. The van der Waals surface area contributed by atoms with Gasteiger partial charge in [-0.1, -0.05) is 23.7 Å². The number of hydrogen-bond acceptors (Lipinski definition) is 6. The maximum Gasteiger partial charge on any atom is 0.331 e. The van der Waals surface area contributed by atoms with Crippen LogP contribution < -0.4 is 14.8 Å². The molecule has 1 aliphatic heterocycles. The van der Waals surface area contributed by atoms with E-state index in [1.807, 2.05) is 0 Å². The van der Waals surface area contributed by atoms with Crippen molar-refractivity contribution in [2.24, 2.45) is 0 Å². The first kappa shape index (κ1) is 19.4. The lowest BCUT2D eigenvalue weighted by molar-refractivity contribution is -0.142. The van der Waals surface area contributed by atoms with E-state index in [4.69, 9.17) is 25.8 Å². The van der Waals surface area contributed by atoms with Gasteiger partial charge in [-0.25, -0.2) is 4.79 Å². The minimum atomic E-state index is -0.687. The van der Waals surface area contributed by atoms with E-state index in [2.05, 4.69) is 5.32 Å². The second kappa shape index (κ2) is 8.58. The third-order valence-electron chi connectivity index (χ3n) is 3.77. The Labute approximate surface area is 165 Å². The molecule has 1 amide bonds. The van der Waals surface area contributed by atoms with Crippen molar-refractivity contribution in [2.45, 2.75) is 6.92 Å². The van der Waals surface area contributed by atoms with Gasteiger partial charge in [0, 0.05) is 22.7 Å². The van der Waals surface area contributed by atoms with Crippen LogP contribution in [0.2, 0.25) is 5.02 Å². The van der Waals surface area contributed by atoms with Crippen LogP contribution in [0, 0.1) is 0 Å². The van der Waals surface area contributed by atoms with E-state index in [1.165, 1.54) is 31.2 Å². The smallest absolute Gasteiger partial charge is 0.331 e. The molecule has 8 heteroatoms. The third kappa shape index (κ3) is 4.89. The van der Waals surface area contributed by atoms with Crippen molar-refractivity contribution in [1.82, 2.24) is 0 Å². The number of carbonyl (C=O) groups excluding carboxylic acids is 3. The van der Waals surface area contributed by atoms with E-state index in [9.17, 15) is 14.4 Å². The summed E-state index contributed by atoms with van der Waals surface area (Å²) in [5.41, 5.74) is 1.25. The van der Waals surface area contributed by atoms with Crippen molar-refractivity contribution in [3.8, 4) is 11.5 Å². The number of amides is 1. The standard InChI is InChI=1S/C20H16ClNO6/c1-12(23)15-8-17-18(28-11-27-17)9-16(15)22-19(24)10-26-20(25)6-5-13-3-2-4-14(21)7-13/h2-9H,10-11H2,1H3,(H,22,24)/b6-5+. The average molecular weight is 402 g/mol. The normalized spacial score (nSPS) is 12.1. The van der Waals surface area contributed by atoms with E-state index in [-0.39, 0.29) is 23.8 Å². The second-order valence-corrected chi connectivity index (χ2v) is 6.29. The molecule has 7 nitrogen and oxygen atoms in total. The number of carbonyl (C=O) groups is 3. The van der Waals surface area contributed by atoms with Gasteiger partial charge in [0.2, 0.25) is 6.79 Å². The maximum absolute atomic E-state index is 12.1. The molecule has 2 aromatic rings. The second-order valence-electron chi connectivity index (χ2n) is 5.85. The molecule has 0 aromatic heterocycles. The molecular formula is C20H16ClNO6. The lowest BCUT2D eigenvalue weighted by Crippen LogP contribution is -2.21. The number of Topliss-reactive ketones (excluding diaryl/α,β-unsaturated/α-hetero) is 1. The third-order valence-corrected chi connectivity index (χ3v) is 4.01. The van der Waals surface area contributed by atoms with Crippen molar-refractivity contribution in [1.29, 1.82) is 0 Å². The zero-order chi connectivity index (χ0) is 20.1. The fourth-order valence-electron chi connectivity index (χ4n) is 2.48. The van der Waals surface area contributed by atoms with Crippen molar-refractivity contribution in [3.63, 3.8) is 0 Å². The van der Waals surface area contributed by atoms with Crippen LogP contribution in [0.3, 0.4) is 0 Å². The predicted octanol–water partition coefficient (Wildman–Crippen LogP) is 3.47. The number of ketones is 1. The minimum absolute atomic E-state index is 0.0423. The Morgan fingerprint density at radius 2 is 1.93 bits per heavy atom. The number of halogens is 1. The Kier molecular flexibility index (Phi) is 5.96. The number of fused-ring (bicyclic) bond motifs is 1. The maximum atomic E-state index is 12.1. The van der Waals surface area contributed by atoms with Gasteiger partial charge in [0.05, 0.1) is 5.69 Å². The monoisotopic (exact) mass is 401 g/mol. The lowest BCUT2D eigenvalue weighted by Gasteiger charge is -2.10. The summed E-state index contributed by atoms with van der Waals surface area (Å²) < 4.78 is 15.4. The van der Waals surface area contributed by atoms with Crippen molar-refractivity contribution in [3.05, 3.63) is 58.6 Å². The molecule has 0 saturated heterocycles. The summed E-state index contributed by atoms with van der Waals surface area (Å²) in [5.74, 6) is -0.684. The van der Waals surface area contributed by atoms with E-state index >= 15 is 0 Å². The van der Waals surface area contributed by atoms with Gasteiger partial charge in [-0.05, 0) is 36.8 Å². The summed E-state index contributed by atoms with van der Waals surface area (Å²) in [6.45, 7) is 0.902. The van der Waals surface area contributed by atoms with Gasteiger partial charge in [-0.3, -0.25) is 9.59 Å². The highest BCUT2D eigenvalue weighted by Crippen LogP contribution is 2.37. The fraction of sp³-hybridized carbons (Fsp3) is 0.150. The van der Waals surface area contributed by atoms with Crippen LogP contribution in [-0.4, -0.2) is 31.1 Å². The van der Waals surface area contributed by atoms with Gasteiger partial charge in [0.1, 0.15) is 0 Å². The molecular weight excluding hydrogens is 386 g/mol. The van der Waals surface area contributed by atoms with E-state index in [0.717, 1.165) is 5.56 Å². The quantitative estimate of drug-likeness (QED) is 0.453. The van der Waals surface area contributed by atoms with Gasteiger partial charge in [-0.15, -0.1) is 0 Å². The van der Waals surface area contributed by atoms with E-state index in [0.29, 0.717) is 16.5 Å². The number of ether oxygens (including phenoxy) is 3. The first-order chi connectivity index (χ1) is 13.4. The average Bonchev–Trinajstić information content (AvgIpc) is 3.11. The molecule has 1 heterocycles. The summed E-state index contributed by atoms with van der Waals surface area (Å²) in [7, 11) is 0. The van der Waals surface area contributed by atoms with Crippen LogP contribution in [0.5, 0.6) is 11.5 Å². The largest absolute Gasteiger partial charge is 0.454 e. The highest BCUT2D eigenvalue weighted by molar-refractivity contribution is 6.30. The number of rotatable bonds is 6. The van der Waals surface area contributed by atoms with E-state index in [1.54, 1.807) is 24.3 Å². The van der Waals surface area contributed by atoms with Gasteiger partial charge in [-0.2, -0.15) is 0 Å². The summed E-state index contributed by atoms with van der Waals surface area (Å²) in [4.78, 5) is 35.7. The SMILES string of the molecule is CC(=O)c1cc2c(cc1NC(=O)COC(=O)/C=C/c1cccc(Cl)c1)OCO2. The van der Waals surface area contributed by atoms with Crippen molar-refractivity contribution < 1.29 is 28.6 Å². The number of esters is 1. The Morgan fingerprint density at radius 3 is 2.64 bits per heavy atom. The van der Waals surface area contributed by atoms with E-state index < -0.39 is 18.5 Å². The van der Waals surface area contributed by atoms with Crippen LogP contribution in [0.25, 0.3) is 6.08 Å². The first-order valence-corrected chi connectivity index (χ1v) is 8.65. The summed E-state index contributed by atoms with van der Waals surface area (Å²) in [6, 6.07) is 9.91. The number of hydrogen-bond donors (Lipinski definition) is 1. The first-order valence-electron chi connectivity index (χ1n) is 8.27. The molecule has 0 bridgehead atoms. The molecule has 0 aliphatic carbocycles. The molecule has 1 aliphatic rings. The fourth-order valence-corrected chi connectivity index (χ4v) is 2.68. The zero-order valence-corrected chi connectivity index (χ0v) is 15.6. The van der Waals surface area contributed by atoms with Crippen molar-refractivity contribution in [2.75, 3.05) is 18.7 Å². The summed E-state index contributed by atoms with van der Waals surface area (Å²) in [6.07, 6.45) is 2.72. The highest BCUT2D eigenvalue weighted by atomic mass is 35.5. The zero-order valence-electron chi connectivity index (χ0n) is 14.9. The number of anilines is 1. The molecule has 3 rings (SSSR count). The molecule has 2 aromatic carbocycles. The predicted molar refractivity (Wildman–Crippen MR) is 103 cm³/mol. The van der Waals surface area contributed by atoms with Crippen LogP contribution >= 0.6 is 11.6 Å². The Balaban J connectivity index is 1.58. The van der Waals surface area contributed by atoms with Crippen LogP contribution in [0.15, 0.2) is 42.5 Å². The molecule has 144 valence electrons. The van der Waals surface area contributed by atoms with Gasteiger partial charge < -0.3 is 19.5 Å². The molecule has 0 fully saturated rings.